The van der Waals surface area contributed by atoms with Crippen molar-refractivity contribution in [3.8, 4) is 0 Å². The number of carbonyl (C=O) groups excluding carboxylic acids is 1. The molecule has 2 fully saturated rings. The lowest BCUT2D eigenvalue weighted by Crippen LogP contribution is -2.55. The minimum Gasteiger partial charge on any atom is -0.384 e. The topological polar surface area (TPSA) is 41.6 Å². The summed E-state index contributed by atoms with van der Waals surface area (Å²) in [4.78, 5) is 15.2. The third-order valence-corrected chi connectivity index (χ3v) is 4.81. The summed E-state index contributed by atoms with van der Waals surface area (Å²) in [6.45, 7) is 7.76. The van der Waals surface area contributed by atoms with Crippen molar-refractivity contribution < 1.29 is 9.53 Å². The number of hydrogen-bond acceptors (Lipinski definition) is 3. The van der Waals surface area contributed by atoms with Gasteiger partial charge in [0, 0.05) is 19.7 Å². The van der Waals surface area contributed by atoms with Crippen molar-refractivity contribution >= 4 is 5.91 Å². The van der Waals surface area contributed by atoms with E-state index in [0.717, 1.165) is 38.9 Å². The number of ether oxygens (including phenoxy) is 1. The molecule has 2 aliphatic heterocycles. The molecule has 0 aromatic rings. The first-order valence-corrected chi connectivity index (χ1v) is 7.60. The maximum absolute atomic E-state index is 13.0. The molecule has 2 saturated heterocycles. The van der Waals surface area contributed by atoms with Crippen molar-refractivity contribution in [1.29, 1.82) is 0 Å². The zero-order valence-corrected chi connectivity index (χ0v) is 12.6. The predicted octanol–water partition coefficient (Wildman–Crippen LogP) is 1.65. The minimum absolute atomic E-state index is 0.286. The maximum atomic E-state index is 13.0. The molecular formula is C15H28N2O2. The third-order valence-electron chi connectivity index (χ3n) is 4.81. The Labute approximate surface area is 116 Å². The summed E-state index contributed by atoms with van der Waals surface area (Å²) in [7, 11) is 1.71. The molecule has 2 heterocycles. The van der Waals surface area contributed by atoms with Gasteiger partial charge >= 0.3 is 0 Å². The molecule has 0 spiro atoms. The molecule has 1 N–H and O–H groups in total. The Hall–Kier alpha value is -0.610. The number of piperidine rings is 2. The Kier molecular flexibility index (Phi) is 4.85. The first-order valence-electron chi connectivity index (χ1n) is 7.60. The third kappa shape index (κ3) is 3.11. The van der Waals surface area contributed by atoms with Crippen molar-refractivity contribution in [2.45, 2.75) is 45.6 Å². The van der Waals surface area contributed by atoms with Gasteiger partial charge in [0.05, 0.1) is 12.0 Å². The van der Waals surface area contributed by atoms with Crippen LogP contribution in [0.3, 0.4) is 0 Å². The molecule has 2 unspecified atom stereocenters. The van der Waals surface area contributed by atoms with Crippen LogP contribution in [0, 0.1) is 11.3 Å². The number of nitrogens with zero attached hydrogens (tertiary/aromatic N) is 1. The number of methoxy groups -OCH3 is 1. The van der Waals surface area contributed by atoms with E-state index >= 15 is 0 Å². The average Bonchev–Trinajstić information content (AvgIpc) is 2.42. The molecule has 0 saturated carbocycles. The minimum atomic E-state index is -0.286. The van der Waals surface area contributed by atoms with Crippen molar-refractivity contribution in [3.63, 3.8) is 0 Å². The Morgan fingerprint density at radius 1 is 1.32 bits per heavy atom. The van der Waals surface area contributed by atoms with Gasteiger partial charge in [-0.15, -0.1) is 0 Å². The van der Waals surface area contributed by atoms with Crippen molar-refractivity contribution in [1.82, 2.24) is 10.2 Å². The molecule has 0 radical (unpaired) electrons. The lowest BCUT2D eigenvalue weighted by Gasteiger charge is -2.44. The smallest absolute Gasteiger partial charge is 0.231 e. The second-order valence-corrected chi connectivity index (χ2v) is 6.45. The second-order valence-electron chi connectivity index (χ2n) is 6.45. The van der Waals surface area contributed by atoms with Crippen LogP contribution in [0.15, 0.2) is 0 Å². The van der Waals surface area contributed by atoms with Gasteiger partial charge in [-0.3, -0.25) is 4.79 Å². The van der Waals surface area contributed by atoms with Gasteiger partial charge in [0.1, 0.15) is 0 Å². The van der Waals surface area contributed by atoms with Gasteiger partial charge in [0.15, 0.2) is 0 Å². The van der Waals surface area contributed by atoms with E-state index in [0.29, 0.717) is 24.5 Å². The van der Waals surface area contributed by atoms with E-state index in [1.165, 1.54) is 6.42 Å². The monoisotopic (exact) mass is 268 g/mol. The van der Waals surface area contributed by atoms with E-state index in [9.17, 15) is 4.79 Å². The first kappa shape index (κ1) is 14.8. The molecule has 0 aliphatic carbocycles. The highest BCUT2D eigenvalue weighted by atomic mass is 16.5. The number of carbonyl (C=O) groups is 1. The van der Waals surface area contributed by atoms with Crippen LogP contribution in [0.25, 0.3) is 0 Å². The number of likely N-dealkylation sites (tertiary alicyclic amines) is 1. The van der Waals surface area contributed by atoms with Gasteiger partial charge in [0.2, 0.25) is 5.91 Å². The van der Waals surface area contributed by atoms with Crippen LogP contribution in [0.2, 0.25) is 0 Å². The van der Waals surface area contributed by atoms with Crippen LogP contribution in [0.5, 0.6) is 0 Å². The molecule has 0 aromatic heterocycles. The van der Waals surface area contributed by atoms with E-state index < -0.39 is 0 Å². The molecule has 2 rings (SSSR count). The summed E-state index contributed by atoms with van der Waals surface area (Å²) in [5, 5.41) is 3.35. The zero-order chi connectivity index (χ0) is 13.9. The van der Waals surface area contributed by atoms with E-state index in [-0.39, 0.29) is 5.41 Å². The van der Waals surface area contributed by atoms with Gasteiger partial charge in [0.25, 0.3) is 0 Å². The van der Waals surface area contributed by atoms with Gasteiger partial charge < -0.3 is 15.0 Å². The summed E-state index contributed by atoms with van der Waals surface area (Å²) in [6.07, 6.45) is 4.17. The molecule has 0 aromatic carbocycles. The Bertz CT molecular complexity index is 308. The van der Waals surface area contributed by atoms with Gasteiger partial charge in [-0.2, -0.15) is 0 Å². The number of amides is 1. The fourth-order valence-electron chi connectivity index (χ4n) is 3.48. The number of nitrogens with one attached hydrogen (secondary N) is 1. The van der Waals surface area contributed by atoms with E-state index in [1.54, 1.807) is 7.11 Å². The standard InChI is InChI=1S/C15H28N2O2/c1-12-4-5-13(2)17(10-12)14(18)15(11-19-3)6-8-16-9-7-15/h12-13,16H,4-11H2,1-3H3. The van der Waals surface area contributed by atoms with Gasteiger partial charge in [-0.25, -0.2) is 0 Å². The molecule has 110 valence electrons. The molecule has 4 nitrogen and oxygen atoms in total. The SMILES string of the molecule is COCC1(C(=O)N2CC(C)CCC2C)CCNCC1. The van der Waals surface area contributed by atoms with Gasteiger partial charge in [-0.05, 0) is 51.6 Å². The Balaban J connectivity index is 2.13. The normalized spacial score (nSPS) is 31.2. The van der Waals surface area contributed by atoms with Crippen LogP contribution in [-0.4, -0.2) is 50.2 Å². The molecule has 1 amide bonds. The maximum Gasteiger partial charge on any atom is 0.231 e. The molecule has 0 bridgehead atoms. The number of hydrogen-bond donors (Lipinski definition) is 1. The summed E-state index contributed by atoms with van der Waals surface area (Å²) in [5.41, 5.74) is -0.286. The van der Waals surface area contributed by atoms with E-state index in [4.69, 9.17) is 4.74 Å². The summed E-state index contributed by atoms with van der Waals surface area (Å²) >= 11 is 0. The van der Waals surface area contributed by atoms with Crippen molar-refractivity contribution in [2.75, 3.05) is 33.4 Å². The summed E-state index contributed by atoms with van der Waals surface area (Å²) in [6, 6.07) is 0.382. The lowest BCUT2D eigenvalue weighted by atomic mass is 9.77. The highest BCUT2D eigenvalue weighted by molar-refractivity contribution is 5.83. The first-order chi connectivity index (χ1) is 9.09. The molecule has 2 atom stereocenters. The largest absolute Gasteiger partial charge is 0.384 e. The van der Waals surface area contributed by atoms with Gasteiger partial charge in [-0.1, -0.05) is 6.92 Å². The molecule has 2 aliphatic rings. The van der Waals surface area contributed by atoms with Crippen LogP contribution >= 0.6 is 0 Å². The average molecular weight is 268 g/mol. The summed E-state index contributed by atoms with van der Waals surface area (Å²) in [5.74, 6) is 0.955. The highest BCUT2D eigenvalue weighted by Gasteiger charge is 2.44. The fraction of sp³-hybridized carbons (Fsp3) is 0.933. The lowest BCUT2D eigenvalue weighted by molar-refractivity contribution is -0.152. The van der Waals surface area contributed by atoms with Crippen LogP contribution in [0.4, 0.5) is 0 Å². The fourth-order valence-corrected chi connectivity index (χ4v) is 3.48. The van der Waals surface area contributed by atoms with E-state index in [1.807, 2.05) is 0 Å². The quantitative estimate of drug-likeness (QED) is 0.846. The van der Waals surface area contributed by atoms with E-state index in [2.05, 4.69) is 24.1 Å². The van der Waals surface area contributed by atoms with Crippen LogP contribution in [0.1, 0.15) is 39.5 Å². The highest BCUT2D eigenvalue weighted by Crippen LogP contribution is 2.34. The summed E-state index contributed by atoms with van der Waals surface area (Å²) < 4.78 is 5.38. The zero-order valence-electron chi connectivity index (χ0n) is 12.6. The van der Waals surface area contributed by atoms with Crippen LogP contribution < -0.4 is 5.32 Å². The molecule has 19 heavy (non-hydrogen) atoms. The number of rotatable bonds is 3. The van der Waals surface area contributed by atoms with Crippen molar-refractivity contribution in [2.24, 2.45) is 11.3 Å². The molecule has 4 heteroatoms. The predicted molar refractivity (Wildman–Crippen MR) is 76.0 cm³/mol. The Morgan fingerprint density at radius 3 is 2.63 bits per heavy atom. The Morgan fingerprint density at radius 2 is 2.00 bits per heavy atom. The molecular weight excluding hydrogens is 240 g/mol. The van der Waals surface area contributed by atoms with Crippen LogP contribution in [-0.2, 0) is 9.53 Å². The van der Waals surface area contributed by atoms with Crippen molar-refractivity contribution in [3.05, 3.63) is 0 Å². The second kappa shape index (κ2) is 6.23.